The fourth-order valence-electron chi connectivity index (χ4n) is 4.73. The Kier molecular flexibility index (Phi) is 6.33. The number of aliphatic hydroxyl groups excluding tert-OH is 1. The summed E-state index contributed by atoms with van der Waals surface area (Å²) in [6.07, 6.45) is 3.32. The number of carbonyl (C=O) groups is 2. The molecule has 0 aliphatic carbocycles. The van der Waals surface area contributed by atoms with E-state index in [0.29, 0.717) is 17.1 Å². The first-order chi connectivity index (χ1) is 17.5. The molecule has 1 unspecified atom stereocenters. The molecule has 8 heteroatoms. The zero-order valence-electron chi connectivity index (χ0n) is 20.2. The molecular formula is C28H27N3O5. The van der Waals surface area contributed by atoms with Gasteiger partial charge in [0.2, 0.25) is 6.79 Å². The summed E-state index contributed by atoms with van der Waals surface area (Å²) in [4.78, 5) is 34.4. The topological polar surface area (TPSA) is 92.2 Å². The average molecular weight is 486 g/mol. The zero-order chi connectivity index (χ0) is 25.2. The smallest absolute Gasteiger partial charge is 0.295 e. The predicted molar refractivity (Wildman–Crippen MR) is 135 cm³/mol. The number of pyridine rings is 1. The van der Waals surface area contributed by atoms with Crippen molar-refractivity contribution in [1.29, 1.82) is 0 Å². The number of hydrogen-bond acceptors (Lipinski definition) is 7. The van der Waals surface area contributed by atoms with E-state index in [0.717, 1.165) is 29.9 Å². The van der Waals surface area contributed by atoms with Gasteiger partial charge in [-0.2, -0.15) is 0 Å². The molecule has 1 atom stereocenters. The second-order valence-electron chi connectivity index (χ2n) is 8.62. The fraction of sp³-hybridized carbons (Fsp3) is 0.250. The number of nitrogens with zero attached hydrogens (tertiary/aromatic N) is 3. The Morgan fingerprint density at radius 1 is 1.06 bits per heavy atom. The van der Waals surface area contributed by atoms with Crippen LogP contribution in [0.4, 0.5) is 5.69 Å². The van der Waals surface area contributed by atoms with Crippen LogP contribution in [-0.2, 0) is 16.1 Å². The number of rotatable bonds is 7. The van der Waals surface area contributed by atoms with Gasteiger partial charge in [-0.3, -0.25) is 14.6 Å². The van der Waals surface area contributed by atoms with Gasteiger partial charge in [-0.05, 0) is 61.4 Å². The lowest BCUT2D eigenvalue weighted by molar-refractivity contribution is -0.140. The molecule has 0 bridgehead atoms. The number of amides is 1. The van der Waals surface area contributed by atoms with Crippen LogP contribution in [-0.4, -0.2) is 46.6 Å². The normalized spacial score (nSPS) is 18.1. The highest BCUT2D eigenvalue weighted by Gasteiger charge is 2.46. The van der Waals surface area contributed by atoms with E-state index in [2.05, 4.69) is 23.7 Å². The summed E-state index contributed by atoms with van der Waals surface area (Å²) in [6, 6.07) is 15.6. The molecule has 1 N–H and O–H groups in total. The van der Waals surface area contributed by atoms with Crippen molar-refractivity contribution in [2.45, 2.75) is 26.4 Å². The van der Waals surface area contributed by atoms with E-state index in [4.69, 9.17) is 9.47 Å². The summed E-state index contributed by atoms with van der Waals surface area (Å²) in [5.41, 5.74) is 2.98. The Labute approximate surface area is 209 Å². The van der Waals surface area contributed by atoms with Crippen molar-refractivity contribution in [3.8, 4) is 11.5 Å². The molecule has 2 aliphatic rings. The zero-order valence-corrected chi connectivity index (χ0v) is 20.2. The minimum Gasteiger partial charge on any atom is -0.507 e. The molecule has 0 saturated carbocycles. The van der Waals surface area contributed by atoms with Crippen LogP contribution in [0.3, 0.4) is 0 Å². The SMILES string of the molecule is CCN(CC)c1ccc(C2/C(=C(/O)c3ccc4c(c3)OCO4)C(=O)C(=O)N2Cc2cccnc2)cc1. The number of fused-ring (bicyclic) bond motifs is 1. The average Bonchev–Trinajstić information content (AvgIpc) is 3.48. The standard InChI is InChI=1S/C28H27N3O5/c1-3-30(4-2)21-10-7-19(8-11-21)25-24(26(32)20-9-12-22-23(14-20)36-17-35-22)27(33)28(34)31(25)16-18-6-5-13-29-15-18/h5-15,25,32H,3-4,16-17H2,1-2H3/b26-24-. The number of likely N-dealkylation sites (tertiary alicyclic amines) is 1. The molecular weight excluding hydrogens is 458 g/mol. The highest BCUT2D eigenvalue weighted by Crippen LogP contribution is 2.42. The van der Waals surface area contributed by atoms with Gasteiger partial charge < -0.3 is 24.4 Å². The lowest BCUT2D eigenvalue weighted by Gasteiger charge is -2.26. The third-order valence-electron chi connectivity index (χ3n) is 6.60. The summed E-state index contributed by atoms with van der Waals surface area (Å²) in [5, 5.41) is 11.3. The van der Waals surface area contributed by atoms with Gasteiger partial charge in [0.15, 0.2) is 11.5 Å². The Bertz CT molecular complexity index is 1320. The monoisotopic (exact) mass is 485 g/mol. The lowest BCUT2D eigenvalue weighted by Crippen LogP contribution is -2.29. The summed E-state index contributed by atoms with van der Waals surface area (Å²) in [6.45, 7) is 6.17. The molecule has 0 radical (unpaired) electrons. The molecule has 3 aromatic rings. The summed E-state index contributed by atoms with van der Waals surface area (Å²) in [7, 11) is 0. The molecule has 1 amide bonds. The van der Waals surface area contributed by atoms with E-state index in [9.17, 15) is 14.7 Å². The van der Waals surface area contributed by atoms with Crippen LogP contribution >= 0.6 is 0 Å². The molecule has 1 saturated heterocycles. The largest absolute Gasteiger partial charge is 0.507 e. The lowest BCUT2D eigenvalue weighted by atomic mass is 9.94. The number of ether oxygens (including phenoxy) is 2. The Balaban J connectivity index is 1.61. The van der Waals surface area contributed by atoms with E-state index in [1.807, 2.05) is 30.3 Å². The van der Waals surface area contributed by atoms with E-state index in [1.54, 1.807) is 36.7 Å². The van der Waals surface area contributed by atoms with Crippen LogP contribution in [0, 0.1) is 0 Å². The minimum atomic E-state index is -0.763. The molecule has 1 fully saturated rings. The number of Topliss-reactive ketones (excluding diaryl/α,β-unsaturated/α-hetero) is 1. The maximum Gasteiger partial charge on any atom is 0.295 e. The first-order valence-corrected chi connectivity index (χ1v) is 11.9. The van der Waals surface area contributed by atoms with Gasteiger partial charge >= 0.3 is 0 Å². The number of carbonyl (C=O) groups excluding carboxylic acids is 2. The number of aliphatic hydroxyl groups is 1. The first-order valence-electron chi connectivity index (χ1n) is 11.9. The molecule has 2 aromatic carbocycles. The van der Waals surface area contributed by atoms with Gasteiger partial charge in [0.25, 0.3) is 11.7 Å². The van der Waals surface area contributed by atoms with Crippen LogP contribution in [0.2, 0.25) is 0 Å². The van der Waals surface area contributed by atoms with Crippen molar-refractivity contribution < 1.29 is 24.2 Å². The van der Waals surface area contributed by atoms with Crippen LogP contribution in [0.5, 0.6) is 11.5 Å². The van der Waals surface area contributed by atoms with Gasteiger partial charge in [0, 0.05) is 43.3 Å². The van der Waals surface area contributed by atoms with Crippen molar-refractivity contribution in [2.24, 2.45) is 0 Å². The Morgan fingerprint density at radius 2 is 1.81 bits per heavy atom. The second kappa shape index (κ2) is 9.73. The van der Waals surface area contributed by atoms with Gasteiger partial charge in [-0.1, -0.05) is 18.2 Å². The maximum atomic E-state index is 13.3. The summed E-state index contributed by atoms with van der Waals surface area (Å²) >= 11 is 0. The number of ketones is 1. The van der Waals surface area contributed by atoms with Crippen molar-refractivity contribution >= 4 is 23.1 Å². The second-order valence-corrected chi connectivity index (χ2v) is 8.62. The molecule has 5 rings (SSSR count). The van der Waals surface area contributed by atoms with E-state index >= 15 is 0 Å². The van der Waals surface area contributed by atoms with Crippen LogP contribution < -0.4 is 14.4 Å². The van der Waals surface area contributed by atoms with Crippen molar-refractivity contribution in [3.63, 3.8) is 0 Å². The summed E-state index contributed by atoms with van der Waals surface area (Å²) < 4.78 is 10.8. The number of aromatic nitrogens is 1. The van der Waals surface area contributed by atoms with E-state index in [-0.39, 0.29) is 24.7 Å². The molecule has 8 nitrogen and oxygen atoms in total. The highest BCUT2D eigenvalue weighted by molar-refractivity contribution is 6.46. The van der Waals surface area contributed by atoms with Crippen molar-refractivity contribution in [3.05, 3.63) is 89.3 Å². The van der Waals surface area contributed by atoms with Crippen LogP contribution in [0.25, 0.3) is 5.76 Å². The number of benzene rings is 2. The molecule has 36 heavy (non-hydrogen) atoms. The van der Waals surface area contributed by atoms with Gasteiger partial charge in [0.05, 0.1) is 11.6 Å². The van der Waals surface area contributed by atoms with E-state index < -0.39 is 17.7 Å². The van der Waals surface area contributed by atoms with Crippen LogP contribution in [0.1, 0.15) is 36.6 Å². The predicted octanol–water partition coefficient (Wildman–Crippen LogP) is 4.28. The third-order valence-corrected chi connectivity index (χ3v) is 6.60. The molecule has 184 valence electrons. The molecule has 1 aromatic heterocycles. The highest BCUT2D eigenvalue weighted by atomic mass is 16.7. The first kappa shape index (κ1) is 23.4. The van der Waals surface area contributed by atoms with Crippen molar-refractivity contribution in [1.82, 2.24) is 9.88 Å². The Morgan fingerprint density at radius 3 is 2.50 bits per heavy atom. The van der Waals surface area contributed by atoms with Crippen LogP contribution in [0.15, 0.2) is 72.6 Å². The number of anilines is 1. The van der Waals surface area contributed by atoms with Gasteiger partial charge in [0.1, 0.15) is 5.76 Å². The molecule has 0 spiro atoms. The van der Waals surface area contributed by atoms with Crippen molar-refractivity contribution in [2.75, 3.05) is 24.8 Å². The van der Waals surface area contributed by atoms with Gasteiger partial charge in [-0.25, -0.2) is 0 Å². The quantitative estimate of drug-likeness (QED) is 0.303. The molecule has 2 aliphatic heterocycles. The summed E-state index contributed by atoms with van der Waals surface area (Å²) in [5.74, 6) is -0.611. The maximum absolute atomic E-state index is 13.3. The fourth-order valence-corrected chi connectivity index (χ4v) is 4.73. The van der Waals surface area contributed by atoms with E-state index in [1.165, 1.54) is 4.90 Å². The number of hydrogen-bond donors (Lipinski definition) is 1. The Hall–Kier alpha value is -4.33. The molecule has 3 heterocycles. The third kappa shape index (κ3) is 4.15. The minimum absolute atomic E-state index is 0.0401. The van der Waals surface area contributed by atoms with Gasteiger partial charge in [-0.15, -0.1) is 0 Å².